The summed E-state index contributed by atoms with van der Waals surface area (Å²) in [6, 6.07) is 7.69. The Labute approximate surface area is 150 Å². The topological polar surface area (TPSA) is 90.7 Å². The molecule has 1 aromatic carbocycles. The molecule has 6 nitrogen and oxygen atoms in total. The number of halogens is 3. The minimum absolute atomic E-state index is 0.0594. The Morgan fingerprint density at radius 3 is 2.64 bits per heavy atom. The summed E-state index contributed by atoms with van der Waals surface area (Å²) in [5.41, 5.74) is 7.66. The number of nitrogens with zero attached hydrogens (tertiary/aromatic N) is 4. The van der Waals surface area contributed by atoms with Crippen molar-refractivity contribution in [1.29, 1.82) is 0 Å². The molecule has 9 heteroatoms. The van der Waals surface area contributed by atoms with Crippen LogP contribution >= 0.6 is 15.9 Å². The zero-order chi connectivity index (χ0) is 18.0. The molecule has 0 aliphatic rings. The molecule has 0 fully saturated rings. The van der Waals surface area contributed by atoms with Crippen LogP contribution in [0.4, 0.5) is 14.7 Å². The number of nitrogens with two attached hydrogens (primary N) is 1. The molecular formula is C16H14BrF2N5O. The first-order chi connectivity index (χ1) is 12.0. The highest BCUT2D eigenvalue weighted by molar-refractivity contribution is 9.10. The van der Waals surface area contributed by atoms with E-state index in [0.717, 1.165) is 10.0 Å². The van der Waals surface area contributed by atoms with Crippen LogP contribution in [-0.2, 0) is 0 Å². The zero-order valence-corrected chi connectivity index (χ0v) is 14.7. The third-order valence-electron chi connectivity index (χ3n) is 3.71. The Morgan fingerprint density at radius 2 is 2.00 bits per heavy atom. The minimum Gasteiger partial charge on any atom is -0.415 e. The molecule has 2 N–H and O–H groups in total. The molecule has 3 aromatic rings. The van der Waals surface area contributed by atoms with Crippen molar-refractivity contribution in [1.82, 2.24) is 20.2 Å². The van der Waals surface area contributed by atoms with Gasteiger partial charge >= 0.3 is 6.43 Å². The van der Waals surface area contributed by atoms with Gasteiger partial charge in [0, 0.05) is 16.6 Å². The fraction of sp³-hybridized carbons (Fsp3) is 0.250. The SMILES string of the molecule is CCC(c1ccccc1Br)c1nc(N)ncc1-c1nnc(C(F)F)o1. The predicted octanol–water partition coefficient (Wildman–Crippen LogP) is 4.35. The van der Waals surface area contributed by atoms with Crippen LogP contribution < -0.4 is 5.73 Å². The van der Waals surface area contributed by atoms with Crippen molar-refractivity contribution in [3.05, 3.63) is 52.1 Å². The highest BCUT2D eigenvalue weighted by Crippen LogP contribution is 2.37. The summed E-state index contributed by atoms with van der Waals surface area (Å²) in [6.45, 7) is 1.99. The fourth-order valence-corrected chi connectivity index (χ4v) is 3.15. The van der Waals surface area contributed by atoms with E-state index in [1.54, 1.807) is 0 Å². The lowest BCUT2D eigenvalue weighted by molar-refractivity contribution is 0.116. The zero-order valence-electron chi connectivity index (χ0n) is 13.2. The Morgan fingerprint density at radius 1 is 1.24 bits per heavy atom. The van der Waals surface area contributed by atoms with Gasteiger partial charge in [-0.25, -0.2) is 9.97 Å². The van der Waals surface area contributed by atoms with E-state index in [2.05, 4.69) is 36.1 Å². The highest BCUT2D eigenvalue weighted by Gasteiger charge is 2.25. The molecule has 130 valence electrons. The molecular weight excluding hydrogens is 396 g/mol. The molecule has 0 bridgehead atoms. The van der Waals surface area contributed by atoms with Gasteiger partial charge in [-0.3, -0.25) is 0 Å². The van der Waals surface area contributed by atoms with Crippen molar-refractivity contribution in [3.63, 3.8) is 0 Å². The van der Waals surface area contributed by atoms with Crippen molar-refractivity contribution in [2.75, 3.05) is 5.73 Å². The maximum absolute atomic E-state index is 12.7. The first-order valence-electron chi connectivity index (χ1n) is 7.50. The van der Waals surface area contributed by atoms with E-state index < -0.39 is 12.3 Å². The Balaban J connectivity index is 2.14. The summed E-state index contributed by atoms with van der Waals surface area (Å²) in [5, 5.41) is 7.07. The van der Waals surface area contributed by atoms with Crippen LogP contribution in [0.15, 0.2) is 39.4 Å². The molecule has 1 atom stereocenters. The van der Waals surface area contributed by atoms with Crippen LogP contribution in [0, 0.1) is 0 Å². The predicted molar refractivity (Wildman–Crippen MR) is 91.0 cm³/mol. The van der Waals surface area contributed by atoms with E-state index in [-0.39, 0.29) is 17.8 Å². The van der Waals surface area contributed by atoms with Crippen LogP contribution in [0.1, 0.15) is 42.8 Å². The van der Waals surface area contributed by atoms with E-state index in [1.165, 1.54) is 6.20 Å². The normalized spacial score (nSPS) is 12.5. The quantitative estimate of drug-likeness (QED) is 0.673. The van der Waals surface area contributed by atoms with Gasteiger partial charge in [0.05, 0.1) is 11.3 Å². The number of hydrogen-bond donors (Lipinski definition) is 1. The molecule has 0 saturated heterocycles. The van der Waals surface area contributed by atoms with Gasteiger partial charge < -0.3 is 10.2 Å². The summed E-state index contributed by atoms with van der Waals surface area (Å²) in [7, 11) is 0. The van der Waals surface area contributed by atoms with E-state index in [4.69, 9.17) is 10.2 Å². The second kappa shape index (κ2) is 7.22. The average Bonchev–Trinajstić information content (AvgIpc) is 3.07. The smallest absolute Gasteiger partial charge is 0.314 e. The van der Waals surface area contributed by atoms with Gasteiger partial charge in [-0.1, -0.05) is 41.1 Å². The van der Waals surface area contributed by atoms with Crippen molar-refractivity contribution >= 4 is 21.9 Å². The summed E-state index contributed by atoms with van der Waals surface area (Å²) in [6.07, 6.45) is -0.730. The molecule has 3 rings (SSSR count). The van der Waals surface area contributed by atoms with Gasteiger partial charge in [0.25, 0.3) is 11.8 Å². The average molecular weight is 410 g/mol. The maximum atomic E-state index is 12.7. The lowest BCUT2D eigenvalue weighted by Crippen LogP contribution is -2.09. The molecule has 0 aliphatic heterocycles. The fourth-order valence-electron chi connectivity index (χ4n) is 2.59. The Kier molecular flexibility index (Phi) is 5.03. The highest BCUT2D eigenvalue weighted by atomic mass is 79.9. The first-order valence-corrected chi connectivity index (χ1v) is 8.29. The van der Waals surface area contributed by atoms with Crippen molar-refractivity contribution in [2.45, 2.75) is 25.7 Å². The van der Waals surface area contributed by atoms with E-state index in [1.807, 2.05) is 31.2 Å². The van der Waals surface area contributed by atoms with Gasteiger partial charge in [0.2, 0.25) is 5.95 Å². The number of nitrogen functional groups attached to an aromatic ring is 1. The molecule has 1 unspecified atom stereocenters. The second-order valence-electron chi connectivity index (χ2n) is 5.26. The monoisotopic (exact) mass is 409 g/mol. The number of benzene rings is 1. The molecule has 2 heterocycles. The van der Waals surface area contributed by atoms with E-state index in [9.17, 15) is 8.78 Å². The number of anilines is 1. The molecule has 0 aliphatic carbocycles. The van der Waals surface area contributed by atoms with Crippen molar-refractivity contribution in [2.24, 2.45) is 0 Å². The van der Waals surface area contributed by atoms with Gasteiger partial charge in [-0.2, -0.15) is 8.78 Å². The van der Waals surface area contributed by atoms with Crippen LogP contribution in [0.2, 0.25) is 0 Å². The Hall–Kier alpha value is -2.42. The lowest BCUT2D eigenvalue weighted by Gasteiger charge is -2.18. The molecule has 0 spiro atoms. The van der Waals surface area contributed by atoms with E-state index in [0.29, 0.717) is 17.7 Å². The standard InChI is InChI=1S/C16H14BrF2N5O/c1-2-8(9-5-3-4-6-11(9)17)12-10(7-21-16(20)22-12)14-23-24-15(25-14)13(18)19/h3-8,13H,2H2,1H3,(H2,20,21,22). The van der Waals surface area contributed by atoms with Gasteiger partial charge in [-0.15, -0.1) is 10.2 Å². The molecule has 0 saturated carbocycles. The van der Waals surface area contributed by atoms with Crippen LogP contribution in [-0.4, -0.2) is 20.2 Å². The summed E-state index contributed by atoms with van der Waals surface area (Å²) < 4.78 is 31.5. The molecule has 25 heavy (non-hydrogen) atoms. The number of hydrogen-bond acceptors (Lipinski definition) is 6. The minimum atomic E-state index is -2.84. The lowest BCUT2D eigenvalue weighted by atomic mass is 9.90. The molecule has 0 radical (unpaired) electrons. The van der Waals surface area contributed by atoms with Crippen molar-refractivity contribution < 1.29 is 13.2 Å². The number of rotatable bonds is 5. The second-order valence-corrected chi connectivity index (χ2v) is 6.11. The van der Waals surface area contributed by atoms with Crippen LogP contribution in [0.3, 0.4) is 0 Å². The first kappa shape index (κ1) is 17.4. The molecule has 2 aromatic heterocycles. The molecule has 0 amide bonds. The Bertz CT molecular complexity index is 886. The summed E-state index contributed by atoms with van der Waals surface area (Å²) in [5.74, 6) is -0.877. The van der Waals surface area contributed by atoms with Gasteiger partial charge in [0.1, 0.15) is 0 Å². The summed E-state index contributed by atoms with van der Waals surface area (Å²) >= 11 is 3.53. The maximum Gasteiger partial charge on any atom is 0.314 e. The largest absolute Gasteiger partial charge is 0.415 e. The van der Waals surface area contributed by atoms with Gasteiger partial charge in [0.15, 0.2) is 0 Å². The third-order valence-corrected chi connectivity index (χ3v) is 4.44. The third kappa shape index (κ3) is 3.51. The summed E-state index contributed by atoms with van der Waals surface area (Å²) in [4.78, 5) is 8.27. The van der Waals surface area contributed by atoms with Crippen LogP contribution in [0.25, 0.3) is 11.5 Å². The van der Waals surface area contributed by atoms with Crippen LogP contribution in [0.5, 0.6) is 0 Å². The van der Waals surface area contributed by atoms with E-state index >= 15 is 0 Å². The number of alkyl halides is 2. The van der Waals surface area contributed by atoms with Gasteiger partial charge in [-0.05, 0) is 18.1 Å². The number of aromatic nitrogens is 4. The van der Waals surface area contributed by atoms with Crippen molar-refractivity contribution in [3.8, 4) is 11.5 Å².